The molecule has 1 unspecified atom stereocenters. The summed E-state index contributed by atoms with van der Waals surface area (Å²) in [7, 11) is -0.150. The number of benzene rings is 1. The van der Waals surface area contributed by atoms with Crippen molar-refractivity contribution in [3.63, 3.8) is 0 Å². The Morgan fingerprint density at radius 1 is 1.24 bits per heavy atom. The molecule has 17 heavy (non-hydrogen) atoms. The Morgan fingerprint density at radius 3 is 2.71 bits per heavy atom. The van der Waals surface area contributed by atoms with Gasteiger partial charge in [0.05, 0.1) is 0 Å². The molecule has 0 amide bonds. The van der Waals surface area contributed by atoms with Crippen LogP contribution in [0.2, 0.25) is 0 Å². The van der Waals surface area contributed by atoms with Gasteiger partial charge in [0.1, 0.15) is 0 Å². The fraction of sp³-hybridized carbons (Fsp3) is 0.0667. The van der Waals surface area contributed by atoms with Crippen LogP contribution in [0.15, 0.2) is 58.9 Å². The highest BCUT2D eigenvalue weighted by molar-refractivity contribution is 8.21. The molecule has 1 heterocycles. The van der Waals surface area contributed by atoms with Gasteiger partial charge in [-0.05, 0) is 29.3 Å². The number of carbonyl (C=O) groups excluding carboxylic acids is 1. The van der Waals surface area contributed by atoms with Crippen molar-refractivity contribution in [2.45, 2.75) is 6.92 Å². The molecule has 0 N–H and O–H groups in total. The van der Waals surface area contributed by atoms with Crippen molar-refractivity contribution in [3.05, 3.63) is 64.4 Å². The first-order chi connectivity index (χ1) is 8.27. The molecule has 0 aliphatic carbocycles. The second-order valence-corrected chi connectivity index (χ2v) is 5.42. The van der Waals surface area contributed by atoms with Gasteiger partial charge in [-0.2, -0.15) is 0 Å². The molecule has 0 fully saturated rings. The molecule has 0 aromatic heterocycles. The van der Waals surface area contributed by atoms with E-state index >= 15 is 0 Å². The molecule has 1 aliphatic heterocycles. The van der Waals surface area contributed by atoms with Gasteiger partial charge in [-0.3, -0.25) is 4.79 Å². The molecular weight excluding hydrogens is 228 g/mol. The zero-order valence-electron chi connectivity index (χ0n) is 9.67. The van der Waals surface area contributed by atoms with E-state index < -0.39 is 0 Å². The maximum Gasteiger partial charge on any atom is 0.165 e. The Bertz CT molecular complexity index is 533. The molecular formula is C15H14OS. The molecule has 1 nitrogen and oxygen atoms in total. The summed E-state index contributed by atoms with van der Waals surface area (Å²) in [5, 5.41) is 4.13. The topological polar surface area (TPSA) is 17.1 Å². The number of rotatable bonds is 3. The Kier molecular flexibility index (Phi) is 3.89. The number of hydrogen-bond acceptors (Lipinski definition) is 1. The van der Waals surface area contributed by atoms with Crippen LogP contribution in [-0.2, 0) is 4.79 Å². The van der Waals surface area contributed by atoms with E-state index in [4.69, 9.17) is 0 Å². The minimum Gasteiger partial charge on any atom is -0.294 e. The molecule has 2 heteroatoms. The van der Waals surface area contributed by atoms with Gasteiger partial charge >= 0.3 is 0 Å². The minimum absolute atomic E-state index is 0.150. The molecule has 1 atom stereocenters. The van der Waals surface area contributed by atoms with Gasteiger partial charge in [-0.25, -0.2) is 0 Å². The lowest BCUT2D eigenvalue weighted by Gasteiger charge is -1.99. The molecule has 86 valence electrons. The van der Waals surface area contributed by atoms with Crippen LogP contribution in [0.1, 0.15) is 12.5 Å². The van der Waals surface area contributed by atoms with Gasteiger partial charge in [0.15, 0.2) is 5.78 Å². The summed E-state index contributed by atoms with van der Waals surface area (Å²) in [5.41, 5.74) is 1.17. The molecule has 0 saturated heterocycles. The zero-order chi connectivity index (χ0) is 12.1. The SMILES string of the molecule is CC(=O)C1=CC=CS1=CC=Cc1ccccc1. The van der Waals surface area contributed by atoms with Gasteiger partial charge in [-0.1, -0.05) is 48.6 Å². The second-order valence-electron chi connectivity index (χ2n) is 3.69. The standard InChI is InChI=1S/C15H14OS/c1-13(16)15-10-6-12-17(15)11-5-9-14-7-3-2-4-8-14/h2-12H,1H3. The van der Waals surface area contributed by atoms with E-state index in [2.05, 4.69) is 29.0 Å². The van der Waals surface area contributed by atoms with Crippen LogP contribution in [0, 0.1) is 0 Å². The van der Waals surface area contributed by atoms with Gasteiger partial charge in [0.25, 0.3) is 0 Å². The van der Waals surface area contributed by atoms with E-state index in [1.165, 1.54) is 5.56 Å². The molecule has 0 bridgehead atoms. The monoisotopic (exact) mass is 242 g/mol. The maximum atomic E-state index is 11.3. The van der Waals surface area contributed by atoms with Crippen LogP contribution in [-0.4, -0.2) is 11.2 Å². The molecule has 1 aliphatic rings. The third kappa shape index (κ3) is 3.14. The molecule has 0 spiro atoms. The summed E-state index contributed by atoms with van der Waals surface area (Å²) in [6.45, 7) is 1.62. The molecule has 1 aromatic carbocycles. The summed E-state index contributed by atoms with van der Waals surface area (Å²) in [5.74, 6) is 0.155. The van der Waals surface area contributed by atoms with E-state index in [1.54, 1.807) is 6.92 Å². The molecule has 0 saturated carbocycles. The Hall–Kier alpha value is -1.67. The highest BCUT2D eigenvalue weighted by atomic mass is 32.2. The summed E-state index contributed by atoms with van der Waals surface area (Å²) in [6.07, 6.45) is 7.92. The quantitative estimate of drug-likeness (QED) is 0.582. The van der Waals surface area contributed by atoms with Crippen LogP contribution in [0.3, 0.4) is 0 Å². The summed E-state index contributed by atoms with van der Waals surface area (Å²) < 4.78 is 0. The Morgan fingerprint density at radius 2 is 2.00 bits per heavy atom. The van der Waals surface area contributed by atoms with Crippen LogP contribution < -0.4 is 0 Å². The number of ketones is 1. The van der Waals surface area contributed by atoms with E-state index in [0.29, 0.717) is 0 Å². The average Bonchev–Trinajstić information content (AvgIpc) is 2.79. The molecule has 2 rings (SSSR count). The van der Waals surface area contributed by atoms with Gasteiger partial charge in [-0.15, -0.1) is 10.5 Å². The maximum absolute atomic E-state index is 11.3. The van der Waals surface area contributed by atoms with Gasteiger partial charge in [0, 0.05) is 4.91 Å². The predicted octanol–water partition coefficient (Wildman–Crippen LogP) is 3.77. The van der Waals surface area contributed by atoms with Gasteiger partial charge < -0.3 is 0 Å². The van der Waals surface area contributed by atoms with Crippen LogP contribution in [0.4, 0.5) is 0 Å². The fourth-order valence-corrected chi connectivity index (χ4v) is 3.01. The van der Waals surface area contributed by atoms with Crippen molar-refractivity contribution >= 4 is 27.7 Å². The largest absolute Gasteiger partial charge is 0.294 e. The average molecular weight is 242 g/mol. The van der Waals surface area contributed by atoms with Gasteiger partial charge in [0.2, 0.25) is 0 Å². The highest BCUT2D eigenvalue weighted by Gasteiger charge is 2.08. The van der Waals surface area contributed by atoms with Crippen molar-refractivity contribution in [1.29, 1.82) is 0 Å². The number of Topliss-reactive ketones (excluding diaryl/α,β-unsaturated/α-hetero) is 1. The van der Waals surface area contributed by atoms with Crippen molar-refractivity contribution < 1.29 is 4.79 Å². The summed E-state index contributed by atoms with van der Waals surface area (Å²) in [4.78, 5) is 12.2. The molecule has 1 aromatic rings. The van der Waals surface area contributed by atoms with E-state index in [0.717, 1.165) is 4.91 Å². The first-order valence-corrected chi connectivity index (χ1v) is 6.80. The van der Waals surface area contributed by atoms with Crippen LogP contribution >= 0.6 is 10.5 Å². The predicted molar refractivity (Wildman–Crippen MR) is 77.0 cm³/mol. The van der Waals surface area contributed by atoms with Crippen molar-refractivity contribution in [3.8, 4) is 0 Å². The highest BCUT2D eigenvalue weighted by Crippen LogP contribution is 2.31. The van der Waals surface area contributed by atoms with E-state index in [-0.39, 0.29) is 16.3 Å². The lowest BCUT2D eigenvalue weighted by Crippen LogP contribution is -1.90. The minimum atomic E-state index is -0.150. The Balaban J connectivity index is 2.12. The van der Waals surface area contributed by atoms with Crippen LogP contribution in [0.5, 0.6) is 0 Å². The zero-order valence-corrected chi connectivity index (χ0v) is 10.5. The summed E-state index contributed by atoms with van der Waals surface area (Å²) in [6, 6.07) is 10.1. The third-order valence-electron chi connectivity index (χ3n) is 2.39. The van der Waals surface area contributed by atoms with E-state index in [1.807, 2.05) is 36.4 Å². The first-order valence-electron chi connectivity index (χ1n) is 5.45. The summed E-state index contributed by atoms with van der Waals surface area (Å²) >= 11 is 0. The number of allylic oxidation sites excluding steroid dienone is 4. The third-order valence-corrected chi connectivity index (χ3v) is 4.22. The van der Waals surface area contributed by atoms with Crippen molar-refractivity contribution in [1.82, 2.24) is 0 Å². The van der Waals surface area contributed by atoms with Crippen LogP contribution in [0.25, 0.3) is 6.08 Å². The first kappa shape index (κ1) is 11.8. The lowest BCUT2D eigenvalue weighted by atomic mass is 10.2. The lowest BCUT2D eigenvalue weighted by molar-refractivity contribution is -0.112. The normalized spacial score (nSPS) is 18.9. The fourth-order valence-electron chi connectivity index (χ4n) is 1.56. The van der Waals surface area contributed by atoms with Crippen molar-refractivity contribution in [2.75, 3.05) is 0 Å². The smallest absolute Gasteiger partial charge is 0.165 e. The second kappa shape index (κ2) is 5.60. The van der Waals surface area contributed by atoms with Crippen molar-refractivity contribution in [2.24, 2.45) is 0 Å². The van der Waals surface area contributed by atoms with E-state index in [9.17, 15) is 4.79 Å². The number of hydrogen-bond donors (Lipinski definition) is 0. The Labute approximate surface area is 104 Å². The molecule has 0 radical (unpaired) electrons. The number of carbonyl (C=O) groups is 1.